The van der Waals surface area contributed by atoms with Crippen molar-refractivity contribution < 1.29 is 4.79 Å². The van der Waals surface area contributed by atoms with Crippen LogP contribution in [0.15, 0.2) is 18.2 Å². The highest BCUT2D eigenvalue weighted by molar-refractivity contribution is 5.82. The van der Waals surface area contributed by atoms with Gasteiger partial charge in [-0.25, -0.2) is 0 Å². The lowest BCUT2D eigenvalue weighted by molar-refractivity contribution is -0.125. The predicted molar refractivity (Wildman–Crippen MR) is 73.2 cm³/mol. The SMILES string of the molecule is Cc1cc(CN)ccc1N1CCC(C)(C(N)=O)C1. The molecule has 4 N–H and O–H groups in total. The summed E-state index contributed by atoms with van der Waals surface area (Å²) >= 11 is 0. The highest BCUT2D eigenvalue weighted by Crippen LogP contribution is 2.34. The Morgan fingerprint density at radius 1 is 1.50 bits per heavy atom. The van der Waals surface area contributed by atoms with Gasteiger partial charge in [0.1, 0.15) is 0 Å². The van der Waals surface area contributed by atoms with Gasteiger partial charge in [0, 0.05) is 25.3 Å². The molecular formula is C14H21N3O. The molecule has 0 aliphatic carbocycles. The third-order valence-electron chi connectivity index (χ3n) is 3.91. The number of amides is 1. The minimum Gasteiger partial charge on any atom is -0.370 e. The minimum atomic E-state index is -0.404. The molecule has 2 rings (SSSR count). The van der Waals surface area contributed by atoms with E-state index in [2.05, 4.69) is 24.0 Å². The van der Waals surface area contributed by atoms with Gasteiger partial charge >= 0.3 is 0 Å². The van der Waals surface area contributed by atoms with Crippen molar-refractivity contribution in [3.05, 3.63) is 29.3 Å². The molecule has 0 bridgehead atoms. The van der Waals surface area contributed by atoms with Gasteiger partial charge in [-0.3, -0.25) is 4.79 Å². The molecule has 1 aliphatic rings. The molecule has 0 saturated carbocycles. The van der Waals surface area contributed by atoms with Crippen LogP contribution in [-0.2, 0) is 11.3 Å². The number of nitrogens with zero attached hydrogens (tertiary/aromatic N) is 1. The molecular weight excluding hydrogens is 226 g/mol. The molecule has 1 amide bonds. The maximum Gasteiger partial charge on any atom is 0.225 e. The van der Waals surface area contributed by atoms with Crippen LogP contribution >= 0.6 is 0 Å². The molecule has 1 aliphatic heterocycles. The Balaban J connectivity index is 2.22. The third-order valence-corrected chi connectivity index (χ3v) is 3.91. The van der Waals surface area contributed by atoms with Gasteiger partial charge in [-0.1, -0.05) is 12.1 Å². The molecule has 1 aromatic carbocycles. The van der Waals surface area contributed by atoms with Crippen molar-refractivity contribution in [2.75, 3.05) is 18.0 Å². The van der Waals surface area contributed by atoms with E-state index in [1.165, 1.54) is 11.3 Å². The molecule has 1 fully saturated rings. The first-order chi connectivity index (χ1) is 8.46. The van der Waals surface area contributed by atoms with E-state index in [4.69, 9.17) is 11.5 Å². The van der Waals surface area contributed by atoms with E-state index in [1.54, 1.807) is 0 Å². The molecule has 0 aromatic heterocycles. The Morgan fingerprint density at radius 2 is 2.22 bits per heavy atom. The number of anilines is 1. The number of hydrogen-bond donors (Lipinski definition) is 2. The zero-order valence-corrected chi connectivity index (χ0v) is 11.1. The highest BCUT2D eigenvalue weighted by Gasteiger charge is 2.39. The van der Waals surface area contributed by atoms with Gasteiger partial charge in [0.2, 0.25) is 5.91 Å². The van der Waals surface area contributed by atoms with Gasteiger partial charge < -0.3 is 16.4 Å². The second-order valence-corrected chi connectivity index (χ2v) is 5.42. The molecule has 1 heterocycles. The quantitative estimate of drug-likeness (QED) is 0.841. The van der Waals surface area contributed by atoms with Gasteiger partial charge in [0.25, 0.3) is 0 Å². The zero-order valence-electron chi connectivity index (χ0n) is 11.1. The molecule has 1 aromatic rings. The summed E-state index contributed by atoms with van der Waals surface area (Å²) in [5, 5.41) is 0. The molecule has 1 atom stereocenters. The van der Waals surface area contributed by atoms with Gasteiger partial charge in [0.05, 0.1) is 5.41 Å². The molecule has 98 valence electrons. The number of aryl methyl sites for hydroxylation is 1. The molecule has 1 saturated heterocycles. The average molecular weight is 247 g/mol. The maximum atomic E-state index is 11.5. The van der Waals surface area contributed by atoms with E-state index in [0.717, 1.165) is 18.5 Å². The van der Waals surface area contributed by atoms with Crippen molar-refractivity contribution in [2.24, 2.45) is 16.9 Å². The van der Waals surface area contributed by atoms with Crippen LogP contribution in [0, 0.1) is 12.3 Å². The number of nitrogens with two attached hydrogens (primary N) is 2. The van der Waals surface area contributed by atoms with E-state index in [0.29, 0.717) is 13.1 Å². The lowest BCUT2D eigenvalue weighted by atomic mass is 9.89. The molecule has 4 heteroatoms. The van der Waals surface area contributed by atoms with Gasteiger partial charge in [-0.15, -0.1) is 0 Å². The number of rotatable bonds is 3. The van der Waals surface area contributed by atoms with Crippen molar-refractivity contribution in [1.82, 2.24) is 0 Å². The van der Waals surface area contributed by atoms with E-state index in [-0.39, 0.29) is 5.91 Å². The summed E-state index contributed by atoms with van der Waals surface area (Å²) in [5.74, 6) is -0.207. The summed E-state index contributed by atoms with van der Waals surface area (Å²) in [6.07, 6.45) is 0.820. The smallest absolute Gasteiger partial charge is 0.225 e. The lowest BCUT2D eigenvalue weighted by Gasteiger charge is -2.24. The Labute approximate surface area is 108 Å². The average Bonchev–Trinajstić information content (AvgIpc) is 2.73. The number of carbonyl (C=O) groups excluding carboxylic acids is 1. The van der Waals surface area contributed by atoms with Crippen LogP contribution in [0.4, 0.5) is 5.69 Å². The Kier molecular flexibility index (Phi) is 3.30. The van der Waals surface area contributed by atoms with Crippen LogP contribution in [0.5, 0.6) is 0 Å². The normalized spacial score (nSPS) is 23.4. The van der Waals surface area contributed by atoms with Crippen LogP contribution in [0.2, 0.25) is 0 Å². The fourth-order valence-corrected chi connectivity index (χ4v) is 2.57. The topological polar surface area (TPSA) is 72.3 Å². The van der Waals surface area contributed by atoms with E-state index < -0.39 is 5.41 Å². The van der Waals surface area contributed by atoms with Crippen molar-refractivity contribution in [3.8, 4) is 0 Å². The highest BCUT2D eigenvalue weighted by atomic mass is 16.1. The van der Waals surface area contributed by atoms with Crippen molar-refractivity contribution in [1.29, 1.82) is 0 Å². The maximum absolute atomic E-state index is 11.5. The predicted octanol–water partition coefficient (Wildman–Crippen LogP) is 1.16. The van der Waals surface area contributed by atoms with Gasteiger partial charge in [-0.05, 0) is 37.5 Å². The van der Waals surface area contributed by atoms with Crippen LogP contribution in [0.1, 0.15) is 24.5 Å². The number of carbonyl (C=O) groups is 1. The van der Waals surface area contributed by atoms with E-state index >= 15 is 0 Å². The number of primary amides is 1. The first kappa shape index (κ1) is 12.9. The first-order valence-electron chi connectivity index (χ1n) is 6.31. The summed E-state index contributed by atoms with van der Waals surface area (Å²) < 4.78 is 0. The molecule has 1 unspecified atom stereocenters. The number of benzene rings is 1. The van der Waals surface area contributed by atoms with Crippen molar-refractivity contribution in [2.45, 2.75) is 26.8 Å². The lowest BCUT2D eigenvalue weighted by Crippen LogP contribution is -2.37. The fraction of sp³-hybridized carbons (Fsp3) is 0.500. The molecule has 18 heavy (non-hydrogen) atoms. The van der Waals surface area contributed by atoms with E-state index in [1.807, 2.05) is 13.0 Å². The van der Waals surface area contributed by atoms with Crippen LogP contribution in [0.3, 0.4) is 0 Å². The monoisotopic (exact) mass is 247 g/mol. The Bertz CT molecular complexity index is 472. The summed E-state index contributed by atoms with van der Waals surface area (Å²) in [4.78, 5) is 13.7. The zero-order chi connectivity index (χ0) is 13.3. The molecule has 4 nitrogen and oxygen atoms in total. The summed E-state index contributed by atoms with van der Waals surface area (Å²) in [6.45, 7) is 6.15. The first-order valence-corrected chi connectivity index (χ1v) is 6.31. The van der Waals surface area contributed by atoms with Crippen LogP contribution in [0.25, 0.3) is 0 Å². The third kappa shape index (κ3) is 2.20. The number of hydrogen-bond acceptors (Lipinski definition) is 3. The van der Waals surface area contributed by atoms with Gasteiger partial charge in [0.15, 0.2) is 0 Å². The Morgan fingerprint density at radius 3 is 2.72 bits per heavy atom. The second-order valence-electron chi connectivity index (χ2n) is 5.42. The van der Waals surface area contributed by atoms with Gasteiger partial charge in [-0.2, -0.15) is 0 Å². The van der Waals surface area contributed by atoms with Crippen LogP contribution in [-0.4, -0.2) is 19.0 Å². The molecule has 0 spiro atoms. The molecule has 0 radical (unpaired) electrons. The standard InChI is InChI=1S/C14H21N3O/c1-10-7-11(8-15)3-4-12(10)17-6-5-14(2,9-17)13(16)18/h3-4,7H,5-6,8-9,15H2,1-2H3,(H2,16,18). The Hall–Kier alpha value is -1.55. The second kappa shape index (κ2) is 4.61. The van der Waals surface area contributed by atoms with Crippen molar-refractivity contribution in [3.63, 3.8) is 0 Å². The minimum absolute atomic E-state index is 0.207. The van der Waals surface area contributed by atoms with Crippen molar-refractivity contribution >= 4 is 11.6 Å². The summed E-state index contributed by atoms with van der Waals surface area (Å²) in [5.41, 5.74) is 14.2. The largest absolute Gasteiger partial charge is 0.370 e. The van der Waals surface area contributed by atoms with E-state index in [9.17, 15) is 4.79 Å². The summed E-state index contributed by atoms with van der Waals surface area (Å²) in [7, 11) is 0. The summed E-state index contributed by atoms with van der Waals surface area (Å²) in [6, 6.07) is 6.24. The van der Waals surface area contributed by atoms with Crippen LogP contribution < -0.4 is 16.4 Å². The fourth-order valence-electron chi connectivity index (χ4n) is 2.57.